The van der Waals surface area contributed by atoms with E-state index in [0.29, 0.717) is 17.5 Å². The van der Waals surface area contributed by atoms with E-state index < -0.39 is 0 Å². The fourth-order valence-corrected chi connectivity index (χ4v) is 8.29. The lowest BCUT2D eigenvalue weighted by Crippen LogP contribution is -2.14. The number of fused-ring (bicyclic) bond motifs is 4. The van der Waals surface area contributed by atoms with Crippen LogP contribution in [-0.4, -0.2) is 15.0 Å². The Balaban J connectivity index is 1.12. The minimum absolute atomic E-state index is 0.0572. The predicted octanol–water partition coefficient (Wildman–Crippen LogP) is 13.3. The van der Waals surface area contributed by atoms with Crippen LogP contribution in [0.25, 0.3) is 89.4 Å². The van der Waals surface area contributed by atoms with Crippen LogP contribution in [0.1, 0.15) is 25.0 Å². The number of benzene rings is 8. The van der Waals surface area contributed by atoms with Gasteiger partial charge >= 0.3 is 0 Å². The van der Waals surface area contributed by atoms with Crippen molar-refractivity contribution in [1.82, 2.24) is 15.0 Å². The van der Waals surface area contributed by atoms with E-state index in [4.69, 9.17) is 15.0 Å². The second-order valence-corrected chi connectivity index (χ2v) is 14.8. The maximum atomic E-state index is 5.23. The molecule has 0 unspecified atom stereocenters. The summed E-state index contributed by atoms with van der Waals surface area (Å²) < 4.78 is 0. The fourth-order valence-electron chi connectivity index (χ4n) is 8.29. The monoisotopic (exact) mass is 703 g/mol. The zero-order chi connectivity index (χ0) is 36.9. The zero-order valence-corrected chi connectivity index (χ0v) is 30.7. The van der Waals surface area contributed by atoms with Crippen LogP contribution in [0.5, 0.6) is 0 Å². The number of hydrogen-bond donors (Lipinski definition) is 0. The molecule has 0 fully saturated rings. The molecule has 0 aliphatic heterocycles. The summed E-state index contributed by atoms with van der Waals surface area (Å²) in [5.41, 5.74) is 15.0. The molecular formula is C52H37N3. The number of aromatic nitrogens is 3. The Bertz CT molecular complexity index is 2790. The Kier molecular flexibility index (Phi) is 7.81. The van der Waals surface area contributed by atoms with Crippen molar-refractivity contribution in [2.45, 2.75) is 19.3 Å². The van der Waals surface area contributed by atoms with E-state index in [1.54, 1.807) is 0 Å². The van der Waals surface area contributed by atoms with Gasteiger partial charge in [0, 0.05) is 22.1 Å². The molecule has 0 spiro atoms. The first-order chi connectivity index (χ1) is 27.0. The second-order valence-electron chi connectivity index (χ2n) is 14.8. The highest BCUT2D eigenvalue weighted by Crippen LogP contribution is 2.49. The molecule has 3 heteroatoms. The highest BCUT2D eigenvalue weighted by molar-refractivity contribution is 5.92. The normalized spacial score (nSPS) is 12.7. The van der Waals surface area contributed by atoms with Crippen molar-refractivity contribution >= 4 is 10.8 Å². The first-order valence-corrected chi connectivity index (χ1v) is 18.9. The van der Waals surface area contributed by atoms with Gasteiger partial charge in [-0.25, -0.2) is 15.0 Å². The van der Waals surface area contributed by atoms with Crippen LogP contribution in [0.3, 0.4) is 0 Å². The van der Waals surface area contributed by atoms with Crippen molar-refractivity contribution in [1.29, 1.82) is 0 Å². The quantitative estimate of drug-likeness (QED) is 0.173. The van der Waals surface area contributed by atoms with E-state index in [1.807, 2.05) is 12.1 Å². The van der Waals surface area contributed by atoms with Crippen LogP contribution in [0, 0.1) is 0 Å². The molecular weight excluding hydrogens is 667 g/mol. The fraction of sp³-hybridized carbons (Fsp3) is 0.0577. The first-order valence-electron chi connectivity index (χ1n) is 18.9. The van der Waals surface area contributed by atoms with Crippen molar-refractivity contribution in [2.24, 2.45) is 0 Å². The Morgan fingerprint density at radius 2 is 0.727 bits per heavy atom. The van der Waals surface area contributed by atoms with E-state index in [0.717, 1.165) is 44.3 Å². The molecule has 1 aliphatic carbocycles. The van der Waals surface area contributed by atoms with Crippen LogP contribution in [0.4, 0.5) is 0 Å². The number of nitrogens with zero attached hydrogens (tertiary/aromatic N) is 3. The molecule has 260 valence electrons. The predicted molar refractivity (Wildman–Crippen MR) is 228 cm³/mol. The molecule has 0 radical (unpaired) electrons. The van der Waals surface area contributed by atoms with Gasteiger partial charge in [-0.3, -0.25) is 0 Å². The number of rotatable bonds is 6. The van der Waals surface area contributed by atoms with Gasteiger partial charge in [-0.15, -0.1) is 0 Å². The van der Waals surface area contributed by atoms with Crippen LogP contribution in [0.15, 0.2) is 188 Å². The molecule has 1 aliphatic rings. The SMILES string of the molecule is CC1(C)c2ccccc2-c2ccc(-c3ccc4ccc(-c5nc(-c6ccccc6-c6ccccc6)nc(-c6ccccc6-c6ccccc6)n5)cc4c3)cc21. The van der Waals surface area contributed by atoms with Gasteiger partial charge in [0.05, 0.1) is 0 Å². The van der Waals surface area contributed by atoms with Gasteiger partial charge in [-0.05, 0) is 84.6 Å². The van der Waals surface area contributed by atoms with E-state index >= 15 is 0 Å². The average Bonchev–Trinajstić information content (AvgIpc) is 3.49. The van der Waals surface area contributed by atoms with E-state index in [-0.39, 0.29) is 5.41 Å². The molecule has 0 bridgehead atoms. The summed E-state index contributed by atoms with van der Waals surface area (Å²) in [6, 6.07) is 66.7. The third-order valence-corrected chi connectivity index (χ3v) is 11.2. The topological polar surface area (TPSA) is 38.7 Å². The smallest absolute Gasteiger partial charge is 0.164 e. The second kappa shape index (κ2) is 13.2. The van der Waals surface area contributed by atoms with E-state index in [1.165, 1.54) is 38.8 Å². The van der Waals surface area contributed by atoms with Crippen molar-refractivity contribution in [3.63, 3.8) is 0 Å². The average molecular weight is 704 g/mol. The summed E-state index contributed by atoms with van der Waals surface area (Å²) in [7, 11) is 0. The standard InChI is InChI=1S/C52H37N3/c1-52(2)47-24-14-13-21-43(47)44-30-29-38(33-48(44)52)37-27-25-34-26-28-39(32-40(34)31-37)49-53-50(45-22-11-9-19-41(45)35-15-5-3-6-16-35)55-51(54-49)46-23-12-10-20-42(46)36-17-7-4-8-18-36/h3-33H,1-2H3. The lowest BCUT2D eigenvalue weighted by Gasteiger charge is -2.22. The highest BCUT2D eigenvalue weighted by Gasteiger charge is 2.35. The summed E-state index contributed by atoms with van der Waals surface area (Å²) in [6.45, 7) is 4.67. The minimum atomic E-state index is -0.0572. The molecule has 0 saturated heterocycles. The van der Waals surface area contributed by atoms with Crippen LogP contribution < -0.4 is 0 Å². The molecule has 0 amide bonds. The molecule has 10 rings (SSSR count). The largest absolute Gasteiger partial charge is 0.208 e. The molecule has 0 atom stereocenters. The molecule has 8 aromatic carbocycles. The van der Waals surface area contributed by atoms with Gasteiger partial charge in [0.25, 0.3) is 0 Å². The molecule has 1 heterocycles. The Hall–Kier alpha value is -6.97. The van der Waals surface area contributed by atoms with Crippen molar-refractivity contribution < 1.29 is 0 Å². The maximum Gasteiger partial charge on any atom is 0.164 e. The van der Waals surface area contributed by atoms with Gasteiger partial charge in [-0.2, -0.15) is 0 Å². The summed E-state index contributed by atoms with van der Waals surface area (Å²) in [5, 5.41) is 2.30. The van der Waals surface area contributed by atoms with Crippen molar-refractivity contribution in [2.75, 3.05) is 0 Å². The van der Waals surface area contributed by atoms with Gasteiger partial charge in [0.15, 0.2) is 17.5 Å². The minimum Gasteiger partial charge on any atom is -0.208 e. The van der Waals surface area contributed by atoms with E-state index in [2.05, 4.69) is 190 Å². The first kappa shape index (κ1) is 32.7. The molecule has 0 saturated carbocycles. The van der Waals surface area contributed by atoms with Crippen LogP contribution in [-0.2, 0) is 5.41 Å². The lowest BCUT2D eigenvalue weighted by atomic mass is 9.81. The summed E-state index contributed by atoms with van der Waals surface area (Å²) >= 11 is 0. The number of hydrogen-bond acceptors (Lipinski definition) is 3. The van der Waals surface area contributed by atoms with Crippen LogP contribution >= 0.6 is 0 Å². The summed E-state index contributed by atoms with van der Waals surface area (Å²) in [5.74, 6) is 1.91. The Labute approximate surface area is 321 Å². The van der Waals surface area contributed by atoms with Crippen molar-refractivity contribution in [3.05, 3.63) is 199 Å². The Morgan fingerprint density at radius 1 is 0.291 bits per heavy atom. The molecule has 9 aromatic rings. The van der Waals surface area contributed by atoms with Gasteiger partial charge in [0.2, 0.25) is 0 Å². The van der Waals surface area contributed by atoms with Gasteiger partial charge < -0.3 is 0 Å². The molecule has 0 N–H and O–H groups in total. The third kappa shape index (κ3) is 5.73. The lowest BCUT2D eigenvalue weighted by molar-refractivity contribution is 0.660. The third-order valence-electron chi connectivity index (χ3n) is 11.2. The Morgan fingerprint density at radius 3 is 1.35 bits per heavy atom. The summed E-state index contributed by atoms with van der Waals surface area (Å²) in [4.78, 5) is 15.7. The highest BCUT2D eigenvalue weighted by atomic mass is 15.0. The van der Waals surface area contributed by atoms with Gasteiger partial charge in [-0.1, -0.05) is 184 Å². The molecule has 55 heavy (non-hydrogen) atoms. The molecule has 1 aromatic heterocycles. The molecule has 3 nitrogen and oxygen atoms in total. The zero-order valence-electron chi connectivity index (χ0n) is 30.7. The van der Waals surface area contributed by atoms with E-state index in [9.17, 15) is 0 Å². The summed E-state index contributed by atoms with van der Waals surface area (Å²) in [6.07, 6.45) is 0. The van der Waals surface area contributed by atoms with Gasteiger partial charge in [0.1, 0.15) is 0 Å². The maximum absolute atomic E-state index is 5.23. The van der Waals surface area contributed by atoms with Crippen LogP contribution in [0.2, 0.25) is 0 Å². The van der Waals surface area contributed by atoms with Crippen molar-refractivity contribution in [3.8, 4) is 78.7 Å².